The van der Waals surface area contributed by atoms with Crippen LogP contribution in [0.15, 0.2) is 29.3 Å². The summed E-state index contributed by atoms with van der Waals surface area (Å²) in [6.45, 7) is -0.280. The molecule has 26 heavy (non-hydrogen) atoms. The Kier molecular flexibility index (Phi) is 5.01. The topological polar surface area (TPSA) is 90.3 Å². The zero-order valence-electron chi connectivity index (χ0n) is 14.5. The Morgan fingerprint density at radius 3 is 2.73 bits per heavy atom. The van der Waals surface area contributed by atoms with E-state index in [9.17, 15) is 18.8 Å². The fourth-order valence-corrected chi connectivity index (χ4v) is 3.44. The molecule has 1 saturated carbocycles. The zero-order valence-corrected chi connectivity index (χ0v) is 14.5. The lowest BCUT2D eigenvalue weighted by atomic mass is 9.81. The van der Waals surface area contributed by atoms with Gasteiger partial charge in [0.2, 0.25) is 5.91 Å². The first-order valence-corrected chi connectivity index (χ1v) is 8.49. The molecule has 0 atom stereocenters. The van der Waals surface area contributed by atoms with Crippen LogP contribution >= 0.6 is 0 Å². The molecule has 0 saturated heterocycles. The van der Waals surface area contributed by atoms with E-state index in [1.807, 2.05) is 0 Å². The third kappa shape index (κ3) is 3.44. The Morgan fingerprint density at radius 2 is 2.04 bits per heavy atom. The molecule has 1 aromatic carbocycles. The van der Waals surface area contributed by atoms with Crippen LogP contribution in [0.4, 0.5) is 4.39 Å². The number of halogens is 1. The van der Waals surface area contributed by atoms with Crippen molar-refractivity contribution in [3.8, 4) is 0 Å². The predicted octanol–water partition coefficient (Wildman–Crippen LogP) is 1.53. The van der Waals surface area contributed by atoms with E-state index >= 15 is 0 Å². The quantitative estimate of drug-likeness (QED) is 0.834. The van der Waals surface area contributed by atoms with Gasteiger partial charge in [0.25, 0.3) is 5.56 Å². The minimum atomic E-state index is -1.04. The Morgan fingerprint density at radius 1 is 1.31 bits per heavy atom. The normalized spacial score (nSPS) is 16.2. The van der Waals surface area contributed by atoms with Gasteiger partial charge in [-0.15, -0.1) is 0 Å². The molecule has 2 aromatic rings. The lowest BCUT2D eigenvalue weighted by Gasteiger charge is -2.35. The van der Waals surface area contributed by atoms with E-state index in [0.29, 0.717) is 12.8 Å². The molecular weight excluding hydrogens is 341 g/mol. The number of hydrogen-bond acceptors (Lipinski definition) is 5. The molecule has 1 aliphatic rings. The highest BCUT2D eigenvalue weighted by Gasteiger charge is 2.41. The number of nitrogens with one attached hydrogen (secondary N) is 1. The Hall–Kier alpha value is -2.77. The molecular formula is C18H20FN3O4. The molecule has 138 valence electrons. The molecule has 8 heteroatoms. The van der Waals surface area contributed by atoms with E-state index in [-0.39, 0.29) is 17.4 Å². The molecule has 0 bridgehead atoms. The minimum Gasteiger partial charge on any atom is -0.467 e. The lowest BCUT2D eigenvalue weighted by Crippen LogP contribution is -2.57. The molecule has 0 spiro atoms. The molecule has 0 unspecified atom stereocenters. The number of carbonyl (C=O) groups is 2. The van der Waals surface area contributed by atoms with Crippen LogP contribution in [0.3, 0.4) is 0 Å². The monoisotopic (exact) mass is 361 g/mol. The van der Waals surface area contributed by atoms with E-state index in [1.165, 1.54) is 25.6 Å². The van der Waals surface area contributed by atoms with Crippen molar-refractivity contribution in [3.63, 3.8) is 0 Å². The maximum Gasteiger partial charge on any atom is 0.331 e. The van der Waals surface area contributed by atoms with E-state index in [1.54, 1.807) is 0 Å². The van der Waals surface area contributed by atoms with Crippen LogP contribution < -0.4 is 10.9 Å². The van der Waals surface area contributed by atoms with Crippen molar-refractivity contribution in [2.75, 3.05) is 7.11 Å². The Labute approximate surface area is 149 Å². The molecule has 1 amide bonds. The first-order chi connectivity index (χ1) is 12.4. The smallest absolute Gasteiger partial charge is 0.331 e. The molecule has 1 aliphatic carbocycles. The van der Waals surface area contributed by atoms with Gasteiger partial charge in [0.1, 0.15) is 17.9 Å². The standard InChI is InChI=1S/C18H20FN3O4/c1-26-17(25)18(7-3-2-4-8-18)21-15(23)10-22-11-20-14-9-12(19)5-6-13(14)16(22)24/h5-6,9,11H,2-4,7-8,10H2,1H3,(H,21,23). The largest absolute Gasteiger partial charge is 0.467 e. The third-order valence-electron chi connectivity index (χ3n) is 4.76. The molecule has 1 N–H and O–H groups in total. The van der Waals surface area contributed by atoms with Crippen molar-refractivity contribution >= 4 is 22.8 Å². The van der Waals surface area contributed by atoms with Gasteiger partial charge < -0.3 is 10.1 Å². The van der Waals surface area contributed by atoms with Gasteiger partial charge in [0.15, 0.2) is 0 Å². The van der Waals surface area contributed by atoms with Crippen LogP contribution in [0.5, 0.6) is 0 Å². The van der Waals surface area contributed by atoms with Crippen molar-refractivity contribution in [2.24, 2.45) is 0 Å². The summed E-state index contributed by atoms with van der Waals surface area (Å²) in [7, 11) is 1.29. The lowest BCUT2D eigenvalue weighted by molar-refractivity contribution is -0.152. The highest BCUT2D eigenvalue weighted by Crippen LogP contribution is 2.29. The zero-order chi connectivity index (χ0) is 18.7. The predicted molar refractivity (Wildman–Crippen MR) is 91.9 cm³/mol. The van der Waals surface area contributed by atoms with Gasteiger partial charge in [0.05, 0.1) is 24.3 Å². The Bertz CT molecular complexity index is 903. The van der Waals surface area contributed by atoms with Crippen molar-refractivity contribution < 1.29 is 18.7 Å². The van der Waals surface area contributed by atoms with Crippen molar-refractivity contribution in [3.05, 3.63) is 40.7 Å². The maximum atomic E-state index is 13.2. The number of esters is 1. The first kappa shape index (κ1) is 18.0. The summed E-state index contributed by atoms with van der Waals surface area (Å²) in [5.74, 6) is -1.43. The van der Waals surface area contributed by atoms with Gasteiger partial charge in [-0.05, 0) is 25.0 Å². The SMILES string of the molecule is COC(=O)C1(NC(=O)Cn2cnc3cc(F)ccc3c2=O)CCCCC1. The van der Waals surface area contributed by atoms with Crippen molar-refractivity contribution in [2.45, 2.75) is 44.2 Å². The maximum absolute atomic E-state index is 13.2. The summed E-state index contributed by atoms with van der Waals surface area (Å²) in [4.78, 5) is 41.2. The van der Waals surface area contributed by atoms with Crippen LogP contribution in [0.25, 0.3) is 10.9 Å². The fraction of sp³-hybridized carbons (Fsp3) is 0.444. The second kappa shape index (κ2) is 7.23. The number of ether oxygens (including phenoxy) is 1. The second-order valence-corrected chi connectivity index (χ2v) is 6.52. The molecule has 1 heterocycles. The van der Waals surface area contributed by atoms with Gasteiger partial charge >= 0.3 is 5.97 Å². The molecule has 0 aliphatic heterocycles. The average molecular weight is 361 g/mol. The minimum absolute atomic E-state index is 0.224. The van der Waals surface area contributed by atoms with Gasteiger partial charge in [-0.25, -0.2) is 14.2 Å². The van der Waals surface area contributed by atoms with E-state index in [4.69, 9.17) is 4.74 Å². The highest BCUT2D eigenvalue weighted by molar-refractivity contribution is 5.88. The molecule has 3 rings (SSSR count). The van der Waals surface area contributed by atoms with E-state index < -0.39 is 28.8 Å². The number of fused-ring (bicyclic) bond motifs is 1. The van der Waals surface area contributed by atoms with Gasteiger partial charge in [0, 0.05) is 6.07 Å². The summed E-state index contributed by atoms with van der Waals surface area (Å²) in [5, 5.41) is 2.98. The van der Waals surface area contributed by atoms with E-state index in [0.717, 1.165) is 29.9 Å². The summed E-state index contributed by atoms with van der Waals surface area (Å²) >= 11 is 0. The summed E-state index contributed by atoms with van der Waals surface area (Å²) in [5.41, 5.74) is -1.26. The van der Waals surface area contributed by atoms with Crippen LogP contribution in [0, 0.1) is 5.82 Å². The first-order valence-electron chi connectivity index (χ1n) is 8.49. The van der Waals surface area contributed by atoms with Crippen LogP contribution in [0.1, 0.15) is 32.1 Å². The number of methoxy groups -OCH3 is 1. The van der Waals surface area contributed by atoms with E-state index in [2.05, 4.69) is 10.3 Å². The molecule has 7 nitrogen and oxygen atoms in total. The number of nitrogens with zero attached hydrogens (tertiary/aromatic N) is 2. The third-order valence-corrected chi connectivity index (χ3v) is 4.76. The van der Waals surface area contributed by atoms with Gasteiger partial charge in [-0.1, -0.05) is 19.3 Å². The summed E-state index contributed by atoms with van der Waals surface area (Å²) < 4.78 is 19.2. The van der Waals surface area contributed by atoms with Crippen molar-refractivity contribution in [1.29, 1.82) is 0 Å². The summed E-state index contributed by atoms with van der Waals surface area (Å²) in [6.07, 6.45) is 4.86. The van der Waals surface area contributed by atoms with Crippen LogP contribution in [0.2, 0.25) is 0 Å². The number of aromatic nitrogens is 2. The van der Waals surface area contributed by atoms with Crippen LogP contribution in [-0.4, -0.2) is 34.1 Å². The molecule has 0 radical (unpaired) electrons. The number of rotatable bonds is 4. The number of carbonyl (C=O) groups excluding carboxylic acids is 2. The van der Waals surface area contributed by atoms with Gasteiger partial charge in [-0.3, -0.25) is 14.2 Å². The van der Waals surface area contributed by atoms with Crippen LogP contribution in [-0.2, 0) is 20.9 Å². The fourth-order valence-electron chi connectivity index (χ4n) is 3.44. The number of benzene rings is 1. The molecule has 1 fully saturated rings. The number of hydrogen-bond donors (Lipinski definition) is 1. The van der Waals surface area contributed by atoms with Gasteiger partial charge in [-0.2, -0.15) is 0 Å². The number of amides is 1. The second-order valence-electron chi connectivity index (χ2n) is 6.52. The Balaban J connectivity index is 1.82. The van der Waals surface area contributed by atoms with Crippen molar-refractivity contribution in [1.82, 2.24) is 14.9 Å². The highest BCUT2D eigenvalue weighted by atomic mass is 19.1. The average Bonchev–Trinajstić information content (AvgIpc) is 2.64. The molecule has 1 aromatic heterocycles. The summed E-state index contributed by atoms with van der Waals surface area (Å²) in [6, 6.07) is 3.67.